The van der Waals surface area contributed by atoms with E-state index in [1.54, 1.807) is 0 Å². The summed E-state index contributed by atoms with van der Waals surface area (Å²) >= 11 is 0. The number of hydrogen-bond donors (Lipinski definition) is 2. The van der Waals surface area contributed by atoms with Crippen molar-refractivity contribution in [1.29, 1.82) is 0 Å². The third-order valence-electron chi connectivity index (χ3n) is 6.64. The van der Waals surface area contributed by atoms with Gasteiger partial charge in [-0.2, -0.15) is 5.10 Å². The smallest absolute Gasteiger partial charge is 0.245 e. The Labute approximate surface area is 166 Å². The highest BCUT2D eigenvalue weighted by atomic mass is 16.2. The molecular formula is C23H28N4O. The van der Waals surface area contributed by atoms with Crippen molar-refractivity contribution in [3.8, 4) is 0 Å². The number of allylic oxidation sites excluding steroid dienone is 2. The highest BCUT2D eigenvalue weighted by Gasteiger charge is 2.42. The van der Waals surface area contributed by atoms with Crippen LogP contribution in [0.2, 0.25) is 0 Å². The predicted octanol–water partition coefficient (Wildman–Crippen LogP) is 3.79. The van der Waals surface area contributed by atoms with Crippen molar-refractivity contribution in [1.82, 2.24) is 15.1 Å². The van der Waals surface area contributed by atoms with E-state index in [1.165, 1.54) is 16.8 Å². The number of aromatic nitrogens is 2. The van der Waals surface area contributed by atoms with Gasteiger partial charge in [0.1, 0.15) is 6.04 Å². The zero-order chi connectivity index (χ0) is 19.1. The molecule has 28 heavy (non-hydrogen) atoms. The average Bonchev–Trinajstić information content (AvgIpc) is 3.38. The SMILES string of the molecule is CCCCc1n[nH]c2c1CN(C(=O)[C@H]1Nc3ccccc3[C@H]3C=CC[C@H]13)CC2. The van der Waals surface area contributed by atoms with Crippen molar-refractivity contribution >= 4 is 11.6 Å². The van der Waals surface area contributed by atoms with Gasteiger partial charge in [0, 0.05) is 48.3 Å². The lowest BCUT2D eigenvalue weighted by molar-refractivity contribution is -0.134. The van der Waals surface area contributed by atoms with E-state index in [-0.39, 0.29) is 11.9 Å². The Morgan fingerprint density at radius 1 is 1.32 bits per heavy atom. The molecule has 2 aromatic rings. The second-order valence-electron chi connectivity index (χ2n) is 8.30. The molecule has 0 bridgehead atoms. The largest absolute Gasteiger partial charge is 0.373 e. The number of para-hydroxylation sites is 1. The van der Waals surface area contributed by atoms with Crippen LogP contribution in [-0.4, -0.2) is 33.6 Å². The van der Waals surface area contributed by atoms with Gasteiger partial charge in [-0.15, -0.1) is 0 Å². The number of anilines is 1. The summed E-state index contributed by atoms with van der Waals surface area (Å²) in [6, 6.07) is 8.28. The van der Waals surface area contributed by atoms with E-state index in [2.05, 4.69) is 52.8 Å². The molecule has 0 radical (unpaired) electrons. The van der Waals surface area contributed by atoms with E-state index in [0.29, 0.717) is 18.4 Å². The minimum atomic E-state index is -0.151. The van der Waals surface area contributed by atoms with E-state index in [0.717, 1.165) is 50.0 Å². The third-order valence-corrected chi connectivity index (χ3v) is 6.64. The molecule has 0 fully saturated rings. The average molecular weight is 377 g/mol. The molecule has 3 heterocycles. The summed E-state index contributed by atoms with van der Waals surface area (Å²) < 4.78 is 0. The van der Waals surface area contributed by atoms with E-state index in [1.807, 2.05) is 11.0 Å². The molecule has 0 saturated carbocycles. The first-order chi connectivity index (χ1) is 13.8. The molecule has 1 amide bonds. The van der Waals surface area contributed by atoms with Gasteiger partial charge in [0.25, 0.3) is 0 Å². The number of nitrogens with one attached hydrogen (secondary N) is 2. The number of H-pyrrole nitrogens is 1. The van der Waals surface area contributed by atoms with Gasteiger partial charge in [0.15, 0.2) is 0 Å². The first kappa shape index (κ1) is 17.5. The van der Waals surface area contributed by atoms with Gasteiger partial charge in [-0.1, -0.05) is 43.7 Å². The number of amides is 1. The molecule has 0 unspecified atom stereocenters. The minimum absolute atomic E-state index is 0.151. The normalized spacial score (nSPS) is 25.0. The second kappa shape index (κ2) is 7.12. The highest BCUT2D eigenvalue weighted by molar-refractivity contribution is 5.87. The summed E-state index contributed by atoms with van der Waals surface area (Å²) in [6.07, 6.45) is 9.66. The Balaban J connectivity index is 1.38. The van der Waals surface area contributed by atoms with Gasteiger partial charge >= 0.3 is 0 Å². The van der Waals surface area contributed by atoms with Crippen LogP contribution in [0, 0.1) is 5.92 Å². The summed E-state index contributed by atoms with van der Waals surface area (Å²) in [4.78, 5) is 15.6. The number of carbonyl (C=O) groups is 1. The number of hydrogen-bond acceptors (Lipinski definition) is 3. The van der Waals surface area contributed by atoms with Crippen molar-refractivity contribution in [2.24, 2.45) is 5.92 Å². The zero-order valence-electron chi connectivity index (χ0n) is 16.4. The van der Waals surface area contributed by atoms with Crippen LogP contribution in [0.4, 0.5) is 5.69 Å². The summed E-state index contributed by atoms with van der Waals surface area (Å²) in [6.45, 7) is 3.66. The maximum atomic E-state index is 13.6. The lowest BCUT2D eigenvalue weighted by Crippen LogP contribution is -2.50. The zero-order valence-corrected chi connectivity index (χ0v) is 16.4. The minimum Gasteiger partial charge on any atom is -0.373 e. The molecule has 1 aliphatic carbocycles. The molecule has 3 aliphatic rings. The quantitative estimate of drug-likeness (QED) is 0.798. The number of nitrogens with zero attached hydrogens (tertiary/aromatic N) is 2. The van der Waals surface area contributed by atoms with Crippen molar-refractivity contribution in [3.05, 3.63) is 58.9 Å². The van der Waals surface area contributed by atoms with Crippen LogP contribution in [-0.2, 0) is 24.2 Å². The van der Waals surface area contributed by atoms with Crippen LogP contribution in [0.3, 0.4) is 0 Å². The lowest BCUT2D eigenvalue weighted by Gasteiger charge is -2.39. The molecule has 5 nitrogen and oxygen atoms in total. The molecule has 1 aromatic heterocycles. The molecule has 2 N–H and O–H groups in total. The predicted molar refractivity (Wildman–Crippen MR) is 110 cm³/mol. The van der Waals surface area contributed by atoms with Crippen LogP contribution < -0.4 is 5.32 Å². The molecule has 5 heteroatoms. The molecule has 0 spiro atoms. The number of benzene rings is 1. The number of rotatable bonds is 4. The van der Waals surface area contributed by atoms with Gasteiger partial charge < -0.3 is 10.2 Å². The Kier molecular flexibility index (Phi) is 4.46. The Morgan fingerprint density at radius 2 is 2.21 bits per heavy atom. The van der Waals surface area contributed by atoms with Crippen molar-refractivity contribution < 1.29 is 4.79 Å². The fourth-order valence-electron chi connectivity index (χ4n) is 5.08. The summed E-state index contributed by atoms with van der Waals surface area (Å²) in [5, 5.41) is 11.3. The van der Waals surface area contributed by atoms with Crippen LogP contribution in [0.1, 0.15) is 54.6 Å². The molecule has 5 rings (SSSR count). The van der Waals surface area contributed by atoms with E-state index >= 15 is 0 Å². The number of aryl methyl sites for hydroxylation is 1. The first-order valence-electron chi connectivity index (χ1n) is 10.6. The number of fused-ring (bicyclic) bond motifs is 4. The van der Waals surface area contributed by atoms with Gasteiger partial charge in [0.05, 0.1) is 5.69 Å². The van der Waals surface area contributed by atoms with Crippen LogP contribution in [0.5, 0.6) is 0 Å². The van der Waals surface area contributed by atoms with Crippen molar-refractivity contribution in [3.63, 3.8) is 0 Å². The van der Waals surface area contributed by atoms with Gasteiger partial charge in [-0.25, -0.2) is 0 Å². The Morgan fingerprint density at radius 3 is 3.11 bits per heavy atom. The van der Waals surface area contributed by atoms with Gasteiger partial charge in [0.2, 0.25) is 5.91 Å². The Hall–Kier alpha value is -2.56. The topological polar surface area (TPSA) is 61.0 Å². The number of unbranched alkanes of at least 4 members (excludes halogenated alkanes) is 1. The third kappa shape index (κ3) is 2.84. The standard InChI is InChI=1S/C23H28N4O/c1-2-3-10-20-18-14-27(13-12-21(18)26-25-20)23(28)22-17-9-6-8-15(17)16-7-4-5-11-19(16)24-22/h4-8,11,15,17,22,24H,2-3,9-10,12-14H2,1H3,(H,25,26)/t15-,17+,22+/m1/s1. The molecule has 1 aromatic carbocycles. The number of carbonyl (C=O) groups excluding carboxylic acids is 1. The van der Waals surface area contributed by atoms with Crippen molar-refractivity contribution in [2.75, 3.05) is 11.9 Å². The summed E-state index contributed by atoms with van der Waals surface area (Å²) in [5.74, 6) is 0.898. The van der Waals surface area contributed by atoms with Crippen LogP contribution in [0.25, 0.3) is 0 Å². The van der Waals surface area contributed by atoms with Crippen LogP contribution >= 0.6 is 0 Å². The molecule has 146 valence electrons. The maximum absolute atomic E-state index is 13.6. The van der Waals surface area contributed by atoms with E-state index in [4.69, 9.17) is 0 Å². The monoisotopic (exact) mass is 376 g/mol. The summed E-state index contributed by atoms with van der Waals surface area (Å²) in [5.41, 5.74) is 6.06. The van der Waals surface area contributed by atoms with Crippen molar-refractivity contribution in [2.45, 2.75) is 57.5 Å². The molecule has 3 atom stereocenters. The molecular weight excluding hydrogens is 348 g/mol. The lowest BCUT2D eigenvalue weighted by atomic mass is 9.79. The van der Waals surface area contributed by atoms with E-state index < -0.39 is 0 Å². The summed E-state index contributed by atoms with van der Waals surface area (Å²) in [7, 11) is 0. The van der Waals surface area contributed by atoms with Gasteiger partial charge in [-0.05, 0) is 30.9 Å². The second-order valence-corrected chi connectivity index (χ2v) is 8.30. The first-order valence-corrected chi connectivity index (χ1v) is 10.6. The molecule has 2 aliphatic heterocycles. The van der Waals surface area contributed by atoms with Gasteiger partial charge in [-0.3, -0.25) is 9.89 Å². The fraction of sp³-hybridized carbons (Fsp3) is 0.478. The van der Waals surface area contributed by atoms with E-state index in [9.17, 15) is 4.79 Å². The highest BCUT2D eigenvalue weighted by Crippen LogP contribution is 2.45. The van der Waals surface area contributed by atoms with Crippen LogP contribution in [0.15, 0.2) is 36.4 Å². The maximum Gasteiger partial charge on any atom is 0.245 e. The fourth-order valence-corrected chi connectivity index (χ4v) is 5.08. The number of aromatic amines is 1. The molecule has 0 saturated heterocycles. The Bertz CT molecular complexity index is 915.